The minimum atomic E-state index is -0.434. The topological polar surface area (TPSA) is 86.3 Å². The molecule has 146 valence electrons. The summed E-state index contributed by atoms with van der Waals surface area (Å²) in [6.07, 6.45) is 0.836. The molecule has 2 N–H and O–H groups in total. The highest BCUT2D eigenvalue weighted by molar-refractivity contribution is 7.18. The predicted molar refractivity (Wildman–Crippen MR) is 110 cm³/mol. The van der Waals surface area contributed by atoms with E-state index in [2.05, 4.69) is 15.8 Å². The van der Waals surface area contributed by atoms with Gasteiger partial charge in [-0.3, -0.25) is 9.69 Å². The number of nitrogens with one attached hydrogen (secondary N) is 2. The number of rotatable bonds is 5. The van der Waals surface area contributed by atoms with E-state index >= 15 is 0 Å². The fraction of sp³-hybridized carbons (Fsp3) is 0.278. The van der Waals surface area contributed by atoms with Gasteiger partial charge in [-0.15, -0.1) is 11.3 Å². The van der Waals surface area contributed by atoms with E-state index in [1.54, 1.807) is 23.4 Å². The number of cyclic esters (lactones) is 1. The van der Waals surface area contributed by atoms with Gasteiger partial charge in [0.25, 0.3) is 5.91 Å². The number of nitrogens with zero attached hydrogens (tertiary/aromatic N) is 3. The lowest BCUT2D eigenvalue weighted by atomic mass is 10.2. The fourth-order valence-corrected chi connectivity index (χ4v) is 4.04. The Morgan fingerprint density at radius 1 is 1.32 bits per heavy atom. The molecule has 3 heterocycles. The highest BCUT2D eigenvalue weighted by atomic mass is 35.5. The monoisotopic (exact) mass is 419 g/mol. The first-order valence-corrected chi connectivity index (χ1v) is 9.94. The lowest BCUT2D eigenvalue weighted by molar-refractivity contribution is 0.0920. The van der Waals surface area contributed by atoms with Gasteiger partial charge in [-0.25, -0.2) is 4.79 Å². The number of anilines is 2. The van der Waals surface area contributed by atoms with Crippen molar-refractivity contribution in [2.24, 2.45) is 5.10 Å². The molecule has 0 spiro atoms. The summed E-state index contributed by atoms with van der Waals surface area (Å²) in [6, 6.07) is 11.0. The molecule has 1 atom stereocenters. The van der Waals surface area contributed by atoms with E-state index in [1.807, 2.05) is 29.2 Å². The summed E-state index contributed by atoms with van der Waals surface area (Å²) in [6.45, 7) is 2.04. The maximum atomic E-state index is 12.4. The molecule has 2 amide bonds. The second kappa shape index (κ2) is 8.07. The van der Waals surface area contributed by atoms with Gasteiger partial charge in [-0.05, 0) is 24.3 Å². The summed E-state index contributed by atoms with van der Waals surface area (Å²) in [4.78, 5) is 28.7. The average Bonchev–Trinajstić information content (AvgIpc) is 3.32. The zero-order valence-corrected chi connectivity index (χ0v) is 16.4. The third-order valence-corrected chi connectivity index (χ3v) is 5.63. The normalized spacial score (nSPS) is 18.8. The zero-order valence-electron chi connectivity index (χ0n) is 14.8. The molecule has 1 aromatic carbocycles. The van der Waals surface area contributed by atoms with Gasteiger partial charge in [-0.2, -0.15) is 5.10 Å². The first-order valence-electron chi connectivity index (χ1n) is 8.75. The molecule has 0 aliphatic carbocycles. The molecule has 2 aliphatic rings. The summed E-state index contributed by atoms with van der Waals surface area (Å²) < 4.78 is 6.00. The third kappa shape index (κ3) is 3.90. The van der Waals surface area contributed by atoms with Crippen LogP contribution in [0.5, 0.6) is 0 Å². The molecule has 1 saturated heterocycles. The molecule has 8 nitrogen and oxygen atoms in total. The molecule has 2 aromatic rings. The maximum Gasteiger partial charge on any atom is 0.414 e. The van der Waals surface area contributed by atoms with Crippen molar-refractivity contribution >= 4 is 52.7 Å². The Hall–Kier alpha value is -2.78. The van der Waals surface area contributed by atoms with E-state index in [-0.39, 0.29) is 12.5 Å². The molecule has 1 aromatic heterocycles. The molecule has 0 radical (unpaired) electrons. The summed E-state index contributed by atoms with van der Waals surface area (Å²) in [5.41, 5.74) is 4.53. The number of amides is 2. The van der Waals surface area contributed by atoms with E-state index in [9.17, 15) is 9.59 Å². The Labute approximate surface area is 170 Å². The summed E-state index contributed by atoms with van der Waals surface area (Å²) in [5.74, 6) is -0.233. The van der Waals surface area contributed by atoms with Gasteiger partial charge in [0.15, 0.2) is 0 Å². The maximum absolute atomic E-state index is 12.4. The van der Waals surface area contributed by atoms with Crippen LogP contribution in [0.3, 0.4) is 0 Å². The van der Waals surface area contributed by atoms with Crippen molar-refractivity contribution in [3.8, 4) is 0 Å². The van der Waals surface area contributed by atoms with Crippen LogP contribution >= 0.6 is 22.9 Å². The van der Waals surface area contributed by atoms with Gasteiger partial charge >= 0.3 is 6.09 Å². The molecule has 0 saturated carbocycles. The summed E-state index contributed by atoms with van der Waals surface area (Å²) >= 11 is 7.07. The molecule has 10 heteroatoms. The lowest BCUT2D eigenvalue weighted by Crippen LogP contribution is -2.37. The van der Waals surface area contributed by atoms with Crippen molar-refractivity contribution in [3.63, 3.8) is 0 Å². The molecule has 4 rings (SSSR count). The third-order valence-electron chi connectivity index (χ3n) is 4.40. The van der Waals surface area contributed by atoms with Gasteiger partial charge < -0.3 is 20.4 Å². The number of para-hydroxylation sites is 2. The summed E-state index contributed by atoms with van der Waals surface area (Å²) in [7, 11) is 0. The van der Waals surface area contributed by atoms with E-state index < -0.39 is 12.2 Å². The van der Waals surface area contributed by atoms with Crippen LogP contribution in [-0.4, -0.2) is 50.6 Å². The minimum Gasteiger partial charge on any atom is -0.442 e. The highest BCUT2D eigenvalue weighted by Crippen LogP contribution is 2.32. The van der Waals surface area contributed by atoms with Crippen molar-refractivity contribution in [3.05, 3.63) is 45.6 Å². The highest BCUT2D eigenvalue weighted by Gasteiger charge is 2.34. The van der Waals surface area contributed by atoms with E-state index in [0.717, 1.165) is 24.5 Å². The van der Waals surface area contributed by atoms with Crippen molar-refractivity contribution in [1.82, 2.24) is 10.7 Å². The van der Waals surface area contributed by atoms with Crippen LogP contribution in [0, 0.1) is 0 Å². The number of carbonyl (C=O) groups is 2. The van der Waals surface area contributed by atoms with Crippen LogP contribution in [0.15, 0.2) is 41.5 Å². The molecule has 28 heavy (non-hydrogen) atoms. The number of benzene rings is 1. The Bertz CT molecular complexity index is 918. The fourth-order valence-electron chi connectivity index (χ4n) is 3.08. The van der Waals surface area contributed by atoms with E-state index in [1.165, 1.54) is 11.3 Å². The second-order valence-corrected chi connectivity index (χ2v) is 7.98. The number of carbonyl (C=O) groups excluding carboxylic acids is 2. The molecular weight excluding hydrogens is 402 g/mol. The molecule has 2 aliphatic heterocycles. The molecule has 0 unspecified atom stereocenters. The SMILES string of the molecule is O=C(NC[C@H]1CN(c2ccccc2N2C=NNCC2)C(=O)O1)c1ccc(Cl)s1. The smallest absolute Gasteiger partial charge is 0.414 e. The molecule has 0 bridgehead atoms. The van der Waals surface area contributed by atoms with Crippen molar-refractivity contribution in [2.75, 3.05) is 36.0 Å². The van der Waals surface area contributed by atoms with Gasteiger partial charge in [0.1, 0.15) is 12.4 Å². The van der Waals surface area contributed by atoms with Crippen molar-refractivity contribution in [2.45, 2.75) is 6.10 Å². The van der Waals surface area contributed by atoms with Gasteiger partial charge in [0, 0.05) is 6.54 Å². The van der Waals surface area contributed by atoms with Gasteiger partial charge in [0.05, 0.1) is 40.2 Å². The zero-order chi connectivity index (χ0) is 19.5. The van der Waals surface area contributed by atoms with E-state index in [0.29, 0.717) is 15.8 Å². The van der Waals surface area contributed by atoms with Crippen LogP contribution in [0.4, 0.5) is 16.2 Å². The quantitative estimate of drug-likeness (QED) is 0.777. The standard InChI is InChI=1S/C18H18ClN5O3S/c19-16-6-5-15(28-16)17(25)20-9-12-10-24(18(26)27-12)14-4-2-1-3-13(14)23-8-7-21-22-11-23/h1-6,11-12,21H,7-10H2,(H,20,25)/t12-/m0/s1. The summed E-state index contributed by atoms with van der Waals surface area (Å²) in [5, 5.41) is 6.87. The van der Waals surface area contributed by atoms with Crippen LogP contribution in [0.1, 0.15) is 9.67 Å². The number of halogens is 1. The second-order valence-electron chi connectivity index (χ2n) is 6.26. The number of ether oxygens (including phenoxy) is 1. The number of thiophene rings is 1. The van der Waals surface area contributed by atoms with Crippen molar-refractivity contribution < 1.29 is 14.3 Å². The van der Waals surface area contributed by atoms with Gasteiger partial charge in [0.2, 0.25) is 0 Å². The Morgan fingerprint density at radius 3 is 2.86 bits per heavy atom. The predicted octanol–water partition coefficient (Wildman–Crippen LogP) is 2.51. The Kier molecular flexibility index (Phi) is 5.36. The van der Waals surface area contributed by atoms with E-state index in [4.69, 9.17) is 16.3 Å². The van der Waals surface area contributed by atoms with Gasteiger partial charge in [-0.1, -0.05) is 23.7 Å². The first kappa shape index (κ1) is 18.6. The number of hydrogen-bond acceptors (Lipinski definition) is 7. The average molecular weight is 420 g/mol. The Balaban J connectivity index is 1.43. The number of hydrogen-bond donors (Lipinski definition) is 2. The molecular formula is C18H18ClN5O3S. The Morgan fingerprint density at radius 2 is 2.14 bits per heavy atom. The minimum absolute atomic E-state index is 0.230. The molecule has 1 fully saturated rings. The number of hydrazone groups is 1. The van der Waals surface area contributed by atoms with Crippen molar-refractivity contribution in [1.29, 1.82) is 0 Å². The largest absolute Gasteiger partial charge is 0.442 e. The first-order chi connectivity index (χ1) is 13.6. The lowest BCUT2D eigenvalue weighted by Gasteiger charge is -2.27. The van der Waals surface area contributed by atoms with Crippen LogP contribution in [0.25, 0.3) is 0 Å². The van der Waals surface area contributed by atoms with Crippen LogP contribution in [0.2, 0.25) is 4.34 Å². The van der Waals surface area contributed by atoms with Crippen LogP contribution < -0.4 is 20.5 Å². The van der Waals surface area contributed by atoms with Crippen LogP contribution in [-0.2, 0) is 4.74 Å².